The van der Waals surface area contributed by atoms with Crippen LogP contribution in [0.4, 0.5) is 0 Å². The molecule has 1 heterocycles. The highest BCUT2D eigenvalue weighted by Crippen LogP contribution is 2.33. The predicted molar refractivity (Wildman–Crippen MR) is 87.2 cm³/mol. The highest BCUT2D eigenvalue weighted by molar-refractivity contribution is 7.15. The molecule has 0 saturated heterocycles. The fourth-order valence-corrected chi connectivity index (χ4v) is 3.33. The average Bonchev–Trinajstić information content (AvgIpc) is 2.95. The van der Waals surface area contributed by atoms with Crippen molar-refractivity contribution in [2.24, 2.45) is 0 Å². The van der Waals surface area contributed by atoms with Gasteiger partial charge < -0.3 is 10.1 Å². The van der Waals surface area contributed by atoms with E-state index in [1.54, 1.807) is 7.11 Å². The van der Waals surface area contributed by atoms with Crippen LogP contribution < -0.4 is 5.32 Å². The van der Waals surface area contributed by atoms with Gasteiger partial charge in [-0.05, 0) is 43.1 Å². The fraction of sp³-hybridized carbons (Fsp3) is 0.412. The van der Waals surface area contributed by atoms with E-state index in [0.717, 1.165) is 6.54 Å². The first-order chi connectivity index (χ1) is 9.76. The topological polar surface area (TPSA) is 21.3 Å². The van der Waals surface area contributed by atoms with Gasteiger partial charge in [-0.25, -0.2) is 0 Å². The lowest BCUT2D eigenvalue weighted by Gasteiger charge is -2.11. The molecule has 1 aromatic carbocycles. The Bertz CT molecular complexity index is 535. The van der Waals surface area contributed by atoms with E-state index < -0.39 is 0 Å². The van der Waals surface area contributed by atoms with Crippen molar-refractivity contribution in [2.45, 2.75) is 32.9 Å². The first-order valence-electron chi connectivity index (χ1n) is 7.16. The quantitative estimate of drug-likeness (QED) is 0.803. The van der Waals surface area contributed by atoms with Crippen LogP contribution in [-0.2, 0) is 11.3 Å². The van der Waals surface area contributed by atoms with Gasteiger partial charge in [-0.15, -0.1) is 11.3 Å². The van der Waals surface area contributed by atoms with Gasteiger partial charge in [0.2, 0.25) is 0 Å². The first-order valence-corrected chi connectivity index (χ1v) is 7.98. The molecule has 0 radical (unpaired) electrons. The Morgan fingerprint density at radius 3 is 2.75 bits per heavy atom. The van der Waals surface area contributed by atoms with Crippen molar-refractivity contribution in [3.63, 3.8) is 0 Å². The molecule has 0 aliphatic rings. The minimum atomic E-state index is 0.420. The van der Waals surface area contributed by atoms with Crippen LogP contribution in [0.3, 0.4) is 0 Å². The number of nitrogens with one attached hydrogen (secondary N) is 1. The molecule has 20 heavy (non-hydrogen) atoms. The third-order valence-corrected chi connectivity index (χ3v) is 4.64. The van der Waals surface area contributed by atoms with Crippen LogP contribution >= 0.6 is 11.3 Å². The summed E-state index contributed by atoms with van der Waals surface area (Å²) in [5.41, 5.74) is 2.53. The van der Waals surface area contributed by atoms with Crippen LogP contribution in [0.15, 0.2) is 36.4 Å². The number of hydrogen-bond donors (Lipinski definition) is 1. The number of methoxy groups -OCH3 is 1. The molecule has 0 saturated carbocycles. The van der Waals surface area contributed by atoms with E-state index in [1.165, 1.54) is 27.3 Å². The molecule has 3 heteroatoms. The molecule has 1 atom stereocenters. The maximum Gasteiger partial charge on any atom is 0.0719 e. The van der Waals surface area contributed by atoms with Crippen LogP contribution in [0.5, 0.6) is 0 Å². The Labute approximate surface area is 125 Å². The normalized spacial score (nSPS) is 12.6. The third kappa shape index (κ3) is 3.69. The molecule has 1 N–H and O–H groups in total. The van der Waals surface area contributed by atoms with E-state index >= 15 is 0 Å². The van der Waals surface area contributed by atoms with Gasteiger partial charge in [0.05, 0.1) is 6.61 Å². The highest BCUT2D eigenvalue weighted by Gasteiger charge is 2.11. The van der Waals surface area contributed by atoms with Crippen LogP contribution in [0.1, 0.15) is 36.8 Å². The van der Waals surface area contributed by atoms with Gasteiger partial charge in [0, 0.05) is 22.9 Å². The molecule has 2 nitrogen and oxygen atoms in total. The molecule has 1 unspecified atom stereocenters. The summed E-state index contributed by atoms with van der Waals surface area (Å²) >= 11 is 1.87. The summed E-state index contributed by atoms with van der Waals surface area (Å²) in [6.07, 6.45) is 1.17. The van der Waals surface area contributed by atoms with E-state index in [0.29, 0.717) is 12.6 Å². The summed E-state index contributed by atoms with van der Waals surface area (Å²) in [5.74, 6) is 0. The zero-order chi connectivity index (χ0) is 14.4. The molecule has 2 rings (SSSR count). The van der Waals surface area contributed by atoms with Crippen molar-refractivity contribution in [2.75, 3.05) is 13.7 Å². The lowest BCUT2D eigenvalue weighted by Crippen LogP contribution is -2.18. The summed E-state index contributed by atoms with van der Waals surface area (Å²) in [6, 6.07) is 13.3. The Balaban J connectivity index is 2.20. The van der Waals surface area contributed by atoms with Crippen molar-refractivity contribution < 1.29 is 4.74 Å². The Morgan fingerprint density at radius 1 is 1.20 bits per heavy atom. The molecule has 0 bridgehead atoms. The number of thiophene rings is 1. The summed E-state index contributed by atoms with van der Waals surface area (Å²) in [6.45, 7) is 6.15. The van der Waals surface area contributed by atoms with Crippen molar-refractivity contribution in [3.05, 3.63) is 46.8 Å². The second-order valence-electron chi connectivity index (χ2n) is 4.97. The summed E-state index contributed by atoms with van der Waals surface area (Å²) < 4.78 is 5.29. The van der Waals surface area contributed by atoms with Gasteiger partial charge in [0.1, 0.15) is 0 Å². The largest absolute Gasteiger partial charge is 0.380 e. The number of ether oxygens (including phenoxy) is 1. The van der Waals surface area contributed by atoms with Crippen LogP contribution in [-0.4, -0.2) is 13.7 Å². The smallest absolute Gasteiger partial charge is 0.0719 e. The number of hydrogen-bond acceptors (Lipinski definition) is 3. The molecule has 0 spiro atoms. The molecule has 108 valence electrons. The van der Waals surface area contributed by atoms with Crippen LogP contribution in [0, 0.1) is 0 Å². The predicted octanol–water partition coefficient (Wildman–Crippen LogP) is 4.62. The van der Waals surface area contributed by atoms with E-state index in [4.69, 9.17) is 4.74 Å². The molecule has 0 amide bonds. The van der Waals surface area contributed by atoms with Gasteiger partial charge in [-0.1, -0.05) is 31.2 Å². The van der Waals surface area contributed by atoms with Crippen molar-refractivity contribution >= 4 is 11.3 Å². The van der Waals surface area contributed by atoms with Gasteiger partial charge in [-0.3, -0.25) is 0 Å². The summed E-state index contributed by atoms with van der Waals surface area (Å²) in [4.78, 5) is 2.71. The van der Waals surface area contributed by atoms with Gasteiger partial charge in [-0.2, -0.15) is 0 Å². The van der Waals surface area contributed by atoms with Gasteiger partial charge in [0.15, 0.2) is 0 Å². The second-order valence-corrected chi connectivity index (χ2v) is 6.08. The Hall–Kier alpha value is -1.16. The van der Waals surface area contributed by atoms with Crippen molar-refractivity contribution in [1.82, 2.24) is 5.32 Å². The summed E-state index contributed by atoms with van der Waals surface area (Å²) in [7, 11) is 1.74. The second kappa shape index (κ2) is 7.58. The zero-order valence-electron chi connectivity index (χ0n) is 12.5. The third-order valence-electron chi connectivity index (χ3n) is 3.34. The lowest BCUT2D eigenvalue weighted by molar-refractivity contribution is 0.185. The monoisotopic (exact) mass is 289 g/mol. The van der Waals surface area contributed by atoms with E-state index in [1.807, 2.05) is 11.3 Å². The first kappa shape index (κ1) is 15.2. The molecule has 1 aromatic heterocycles. The van der Waals surface area contributed by atoms with Crippen LogP contribution in [0.2, 0.25) is 0 Å². The minimum absolute atomic E-state index is 0.420. The van der Waals surface area contributed by atoms with Crippen molar-refractivity contribution in [1.29, 1.82) is 0 Å². The molecule has 2 aromatic rings. The van der Waals surface area contributed by atoms with E-state index in [9.17, 15) is 0 Å². The molecule has 0 aliphatic carbocycles. The molecule has 0 aliphatic heterocycles. The molecule has 0 fully saturated rings. The standard InChI is InChI=1S/C17H23NOS/c1-4-11-18-13(2)16-9-10-17(20-16)15-8-6-5-7-14(15)12-19-3/h5-10,13,18H,4,11-12H2,1-3H3. The zero-order valence-corrected chi connectivity index (χ0v) is 13.3. The lowest BCUT2D eigenvalue weighted by atomic mass is 10.1. The van der Waals surface area contributed by atoms with E-state index in [-0.39, 0.29) is 0 Å². The number of rotatable bonds is 7. The highest BCUT2D eigenvalue weighted by atomic mass is 32.1. The average molecular weight is 289 g/mol. The maximum absolute atomic E-state index is 5.29. The van der Waals surface area contributed by atoms with Crippen molar-refractivity contribution in [3.8, 4) is 10.4 Å². The molecular weight excluding hydrogens is 266 g/mol. The maximum atomic E-state index is 5.29. The van der Waals surface area contributed by atoms with Crippen LogP contribution in [0.25, 0.3) is 10.4 Å². The Kier molecular flexibility index (Phi) is 5.77. The van der Waals surface area contributed by atoms with E-state index in [2.05, 4.69) is 55.6 Å². The van der Waals surface area contributed by atoms with Gasteiger partial charge >= 0.3 is 0 Å². The summed E-state index contributed by atoms with van der Waals surface area (Å²) in [5, 5.41) is 3.54. The fourth-order valence-electron chi connectivity index (χ4n) is 2.23. The number of benzene rings is 1. The SMILES string of the molecule is CCCNC(C)c1ccc(-c2ccccc2COC)s1. The minimum Gasteiger partial charge on any atom is -0.380 e. The molecular formula is C17H23NOS. The Morgan fingerprint density at radius 2 is 2.00 bits per heavy atom. The van der Waals surface area contributed by atoms with Gasteiger partial charge in [0.25, 0.3) is 0 Å².